The average Bonchev–Trinajstić information content (AvgIpc) is 3.09. The van der Waals surface area contributed by atoms with Gasteiger partial charge >= 0.3 is 0 Å². The molecule has 2 saturated carbocycles. The third kappa shape index (κ3) is 4.70. The summed E-state index contributed by atoms with van der Waals surface area (Å²) in [7, 11) is 0. The number of amides is 3. The lowest BCUT2D eigenvalue weighted by Gasteiger charge is -2.48. The number of hydrogen-bond donors (Lipinski definition) is 2. The lowest BCUT2D eigenvalue weighted by molar-refractivity contribution is -0.135. The van der Waals surface area contributed by atoms with E-state index in [9.17, 15) is 14.4 Å². The molecule has 2 N–H and O–H groups in total. The van der Waals surface area contributed by atoms with Crippen LogP contribution in [0.15, 0.2) is 0 Å². The number of fused-ring (bicyclic) bond motifs is 3. The van der Waals surface area contributed by atoms with Gasteiger partial charge in [-0.25, -0.2) is 0 Å². The van der Waals surface area contributed by atoms with Crippen molar-refractivity contribution in [1.82, 2.24) is 14.8 Å². The summed E-state index contributed by atoms with van der Waals surface area (Å²) in [5.74, 6) is -0.344. The van der Waals surface area contributed by atoms with Crippen molar-refractivity contribution in [3.05, 3.63) is 16.1 Å². The van der Waals surface area contributed by atoms with Crippen molar-refractivity contribution in [1.29, 1.82) is 0 Å². The predicted molar refractivity (Wildman–Crippen MR) is 149 cm³/mol. The summed E-state index contributed by atoms with van der Waals surface area (Å²) < 4.78 is 2.04. The highest BCUT2D eigenvalue weighted by molar-refractivity contribution is 7.19. The van der Waals surface area contributed by atoms with Gasteiger partial charge in [0.15, 0.2) is 0 Å². The largest absolute Gasteiger partial charge is 0.351 e. The van der Waals surface area contributed by atoms with Gasteiger partial charge in [0.2, 0.25) is 11.8 Å². The summed E-state index contributed by atoms with van der Waals surface area (Å²) in [5, 5.41) is 7.34. The molecule has 2 aliphatic carbocycles. The SMILES string of the molecule is CC(=O)Nc1c2n(c3sc(C)c(C)c13)CC(C)(C(=O)NC1CCCCCC1)N(C1CCCCCC1)C2=O. The molecule has 1 aliphatic heterocycles. The van der Waals surface area contributed by atoms with Gasteiger partial charge in [0.1, 0.15) is 16.1 Å². The van der Waals surface area contributed by atoms with E-state index in [1.807, 2.05) is 16.4 Å². The van der Waals surface area contributed by atoms with E-state index >= 15 is 0 Å². The molecule has 0 aromatic carbocycles. The molecule has 2 fully saturated rings. The second-order valence-electron chi connectivity index (χ2n) is 11.7. The maximum atomic E-state index is 14.5. The highest BCUT2D eigenvalue weighted by Crippen LogP contribution is 2.45. The van der Waals surface area contributed by atoms with E-state index in [2.05, 4.69) is 24.5 Å². The maximum absolute atomic E-state index is 14.5. The third-order valence-corrected chi connectivity index (χ3v) is 10.2. The topological polar surface area (TPSA) is 83.4 Å². The van der Waals surface area contributed by atoms with Crippen molar-refractivity contribution >= 4 is 45.0 Å². The normalized spacial score (nSPS) is 24.0. The van der Waals surface area contributed by atoms with Gasteiger partial charge in [-0.15, -0.1) is 11.3 Å². The Morgan fingerprint density at radius 1 is 0.946 bits per heavy atom. The van der Waals surface area contributed by atoms with Crippen LogP contribution in [0.1, 0.15) is 112 Å². The summed E-state index contributed by atoms with van der Waals surface area (Å²) in [6.45, 7) is 7.99. The molecule has 202 valence electrons. The number of aryl methyl sites for hydroxylation is 2. The lowest BCUT2D eigenvalue weighted by Crippen LogP contribution is -2.67. The Bertz CT molecular complexity index is 1200. The Hall–Kier alpha value is -2.35. The molecule has 0 radical (unpaired) electrons. The number of nitrogens with zero attached hydrogens (tertiary/aromatic N) is 2. The van der Waals surface area contributed by atoms with Crippen molar-refractivity contribution < 1.29 is 14.4 Å². The van der Waals surface area contributed by atoms with Gasteiger partial charge in [-0.3, -0.25) is 14.4 Å². The van der Waals surface area contributed by atoms with Crippen LogP contribution >= 0.6 is 11.3 Å². The van der Waals surface area contributed by atoms with E-state index in [4.69, 9.17) is 0 Å². The molecule has 0 bridgehead atoms. The molecule has 3 amide bonds. The van der Waals surface area contributed by atoms with Crippen molar-refractivity contribution in [2.45, 2.75) is 129 Å². The Balaban J connectivity index is 1.63. The highest BCUT2D eigenvalue weighted by atomic mass is 32.1. The summed E-state index contributed by atoms with van der Waals surface area (Å²) in [5.41, 5.74) is 1.24. The maximum Gasteiger partial charge on any atom is 0.273 e. The highest BCUT2D eigenvalue weighted by Gasteiger charge is 2.52. The van der Waals surface area contributed by atoms with Gasteiger partial charge in [0.05, 0.1) is 12.2 Å². The molecule has 0 saturated heterocycles. The van der Waals surface area contributed by atoms with Crippen LogP contribution in [0.25, 0.3) is 10.2 Å². The van der Waals surface area contributed by atoms with E-state index in [1.54, 1.807) is 11.3 Å². The predicted octanol–water partition coefficient (Wildman–Crippen LogP) is 6.05. The molecule has 1 unspecified atom stereocenters. The fourth-order valence-electron chi connectivity index (χ4n) is 6.87. The first-order chi connectivity index (χ1) is 17.7. The summed E-state index contributed by atoms with van der Waals surface area (Å²) in [6, 6.07) is 0.194. The Kier molecular flexibility index (Phi) is 7.40. The molecule has 3 aliphatic rings. The van der Waals surface area contributed by atoms with Gasteiger partial charge in [0, 0.05) is 29.3 Å². The fourth-order valence-corrected chi connectivity index (χ4v) is 8.04. The lowest BCUT2D eigenvalue weighted by atomic mass is 9.89. The summed E-state index contributed by atoms with van der Waals surface area (Å²) in [6.07, 6.45) is 13.1. The number of aromatic nitrogens is 1. The van der Waals surface area contributed by atoms with Gasteiger partial charge in [0.25, 0.3) is 5.91 Å². The molecule has 0 spiro atoms. The molecule has 1 atom stereocenters. The smallest absolute Gasteiger partial charge is 0.273 e. The van der Waals surface area contributed by atoms with E-state index in [0.29, 0.717) is 17.9 Å². The average molecular weight is 527 g/mol. The monoisotopic (exact) mass is 526 g/mol. The Labute approximate surface area is 224 Å². The first-order valence-corrected chi connectivity index (χ1v) is 15.1. The number of rotatable bonds is 4. The van der Waals surface area contributed by atoms with E-state index in [1.165, 1.54) is 32.6 Å². The van der Waals surface area contributed by atoms with Crippen LogP contribution in [0, 0.1) is 13.8 Å². The second kappa shape index (κ2) is 10.4. The zero-order valence-corrected chi connectivity index (χ0v) is 23.7. The van der Waals surface area contributed by atoms with Crippen LogP contribution in [0.3, 0.4) is 0 Å². The zero-order chi connectivity index (χ0) is 26.3. The molecule has 3 heterocycles. The number of hydrogen-bond acceptors (Lipinski definition) is 4. The van der Waals surface area contributed by atoms with Crippen LogP contribution < -0.4 is 10.6 Å². The van der Waals surface area contributed by atoms with Crippen molar-refractivity contribution in [2.75, 3.05) is 5.32 Å². The third-order valence-electron chi connectivity index (χ3n) is 8.96. The number of anilines is 1. The Morgan fingerprint density at radius 3 is 2.14 bits per heavy atom. The summed E-state index contributed by atoms with van der Waals surface area (Å²) >= 11 is 1.64. The number of nitrogens with one attached hydrogen (secondary N) is 2. The number of carbonyl (C=O) groups is 3. The second-order valence-corrected chi connectivity index (χ2v) is 12.9. The summed E-state index contributed by atoms with van der Waals surface area (Å²) in [4.78, 5) is 45.1. The van der Waals surface area contributed by atoms with Gasteiger partial charge in [-0.1, -0.05) is 51.4 Å². The molecule has 8 heteroatoms. The van der Waals surface area contributed by atoms with Crippen molar-refractivity contribution in [2.24, 2.45) is 0 Å². The molecular formula is C29H42N4O3S. The standard InChI is InChI=1S/C29H42N4O3S/c1-18-19(2)37-27-23(18)24(30-20(3)34)25-26(35)33(22-15-11-7-8-12-16-22)29(4,17-32(25)27)28(36)31-21-13-9-5-6-10-14-21/h21-22H,5-17H2,1-4H3,(H,30,34)(H,31,36). The molecule has 37 heavy (non-hydrogen) atoms. The van der Waals surface area contributed by atoms with Gasteiger partial charge in [-0.2, -0.15) is 0 Å². The molecule has 2 aromatic heterocycles. The Morgan fingerprint density at radius 2 is 1.54 bits per heavy atom. The van der Waals surface area contributed by atoms with Gasteiger partial charge < -0.3 is 20.1 Å². The van der Waals surface area contributed by atoms with E-state index < -0.39 is 5.54 Å². The molecular weight excluding hydrogens is 484 g/mol. The minimum atomic E-state index is -0.989. The molecule has 2 aromatic rings. The van der Waals surface area contributed by atoms with Crippen LogP contribution in [-0.4, -0.2) is 44.8 Å². The van der Waals surface area contributed by atoms with Crippen LogP contribution in [0.5, 0.6) is 0 Å². The van der Waals surface area contributed by atoms with Gasteiger partial charge in [-0.05, 0) is 52.0 Å². The number of thiophene rings is 1. The van der Waals surface area contributed by atoms with E-state index in [0.717, 1.165) is 72.0 Å². The van der Waals surface area contributed by atoms with E-state index in [-0.39, 0.29) is 29.8 Å². The van der Waals surface area contributed by atoms with Crippen LogP contribution in [0.4, 0.5) is 5.69 Å². The number of carbonyl (C=O) groups excluding carboxylic acids is 3. The van der Waals surface area contributed by atoms with Crippen LogP contribution in [-0.2, 0) is 16.1 Å². The van der Waals surface area contributed by atoms with Crippen molar-refractivity contribution in [3.63, 3.8) is 0 Å². The fraction of sp³-hybridized carbons (Fsp3) is 0.690. The van der Waals surface area contributed by atoms with Crippen molar-refractivity contribution in [3.8, 4) is 0 Å². The minimum absolute atomic E-state index is 0.0228. The van der Waals surface area contributed by atoms with Crippen LogP contribution in [0.2, 0.25) is 0 Å². The first kappa shape index (κ1) is 26.3. The zero-order valence-electron chi connectivity index (χ0n) is 22.9. The minimum Gasteiger partial charge on any atom is -0.351 e. The molecule has 7 nitrogen and oxygen atoms in total. The first-order valence-electron chi connectivity index (χ1n) is 14.3. The molecule has 5 rings (SSSR count). The quantitative estimate of drug-likeness (QED) is 0.476.